The fourth-order valence-corrected chi connectivity index (χ4v) is 4.25. The quantitative estimate of drug-likeness (QED) is 0.220. The second-order valence-electron chi connectivity index (χ2n) is 8.28. The van der Waals surface area contributed by atoms with Gasteiger partial charge in [0.05, 0.1) is 0 Å². The Bertz CT molecular complexity index is 1240. The van der Waals surface area contributed by atoms with E-state index in [4.69, 9.17) is 0 Å². The van der Waals surface area contributed by atoms with E-state index in [9.17, 15) is 0 Å². The number of nitrogens with zero attached hydrogens (tertiary/aromatic N) is 1. The summed E-state index contributed by atoms with van der Waals surface area (Å²) in [5.41, 5.74) is 8.47. The number of benzene rings is 3. The highest BCUT2D eigenvalue weighted by Gasteiger charge is 2.16. The van der Waals surface area contributed by atoms with Gasteiger partial charge >= 0.3 is 0 Å². The third kappa shape index (κ3) is 5.28. The van der Waals surface area contributed by atoms with Crippen LogP contribution in [-0.2, 0) is 7.05 Å². The summed E-state index contributed by atoms with van der Waals surface area (Å²) < 4.78 is 4.42. The normalized spacial score (nSPS) is 11.4. The maximum atomic E-state index is 3.55. The lowest BCUT2D eigenvalue weighted by Gasteiger charge is -2.09. The smallest absolute Gasteiger partial charge is 0.195 e. The summed E-state index contributed by atoms with van der Waals surface area (Å²) in [6.45, 7) is 4.45. The Morgan fingerprint density at radius 2 is 1.22 bits per heavy atom. The third-order valence-corrected chi connectivity index (χ3v) is 6.77. The summed E-state index contributed by atoms with van der Waals surface area (Å²) in [6, 6.07) is 30.3. The Balaban J connectivity index is 1.79. The van der Waals surface area contributed by atoms with Gasteiger partial charge in [-0.3, -0.25) is 0 Å². The van der Waals surface area contributed by atoms with Crippen LogP contribution in [-0.4, -0.2) is 0 Å². The molecule has 160 valence electrons. The standard InChI is InChI=1S/C29H26Br2N/c1-20(2)22-7-4-21(5-8-22)6-17-28-18-25(23-9-13-26(30)14-10-23)19-29(32(28)3)24-11-15-27(31)16-12-24/h4-20H,1-3H3/q+1/b17-6+. The number of hydrogen-bond acceptors (Lipinski definition) is 0. The molecule has 0 spiro atoms. The van der Waals surface area contributed by atoms with Gasteiger partial charge in [0.15, 0.2) is 0 Å². The van der Waals surface area contributed by atoms with E-state index >= 15 is 0 Å². The van der Waals surface area contributed by atoms with E-state index in [1.165, 1.54) is 33.5 Å². The van der Waals surface area contributed by atoms with Gasteiger partial charge in [-0.05, 0) is 70.6 Å². The van der Waals surface area contributed by atoms with Gasteiger partial charge in [0.2, 0.25) is 11.4 Å². The van der Waals surface area contributed by atoms with Crippen LogP contribution in [0.1, 0.15) is 36.6 Å². The van der Waals surface area contributed by atoms with Crippen molar-refractivity contribution in [1.29, 1.82) is 0 Å². The minimum absolute atomic E-state index is 0.543. The van der Waals surface area contributed by atoms with Crippen molar-refractivity contribution in [2.24, 2.45) is 7.05 Å². The van der Waals surface area contributed by atoms with Crippen molar-refractivity contribution < 1.29 is 4.57 Å². The fourth-order valence-electron chi connectivity index (χ4n) is 3.72. The average Bonchev–Trinajstić information content (AvgIpc) is 2.80. The van der Waals surface area contributed by atoms with Gasteiger partial charge in [-0.2, -0.15) is 4.57 Å². The van der Waals surface area contributed by atoms with E-state index in [0.717, 1.165) is 14.6 Å². The molecule has 0 bridgehead atoms. The molecular formula is C29H26Br2N+. The number of aromatic nitrogens is 1. The lowest BCUT2D eigenvalue weighted by molar-refractivity contribution is -0.662. The van der Waals surface area contributed by atoms with Crippen molar-refractivity contribution in [2.75, 3.05) is 0 Å². The first-order chi connectivity index (χ1) is 15.4. The van der Waals surface area contributed by atoms with E-state index < -0.39 is 0 Å². The molecule has 0 atom stereocenters. The molecule has 0 fully saturated rings. The molecule has 32 heavy (non-hydrogen) atoms. The highest BCUT2D eigenvalue weighted by Crippen LogP contribution is 2.28. The predicted molar refractivity (Wildman–Crippen MR) is 143 cm³/mol. The van der Waals surface area contributed by atoms with E-state index in [-0.39, 0.29) is 0 Å². The van der Waals surface area contributed by atoms with Crippen molar-refractivity contribution in [2.45, 2.75) is 19.8 Å². The third-order valence-electron chi connectivity index (χ3n) is 5.71. The van der Waals surface area contributed by atoms with Crippen LogP contribution in [0.3, 0.4) is 0 Å². The molecule has 1 aromatic heterocycles. The maximum Gasteiger partial charge on any atom is 0.213 e. The van der Waals surface area contributed by atoms with Crippen molar-refractivity contribution >= 4 is 44.0 Å². The molecule has 0 amide bonds. The molecule has 1 nitrogen and oxygen atoms in total. The topological polar surface area (TPSA) is 3.88 Å². The predicted octanol–water partition coefficient (Wildman–Crippen LogP) is 8.66. The molecule has 3 aromatic carbocycles. The van der Waals surface area contributed by atoms with Crippen molar-refractivity contribution in [3.63, 3.8) is 0 Å². The van der Waals surface area contributed by atoms with Gasteiger partial charge in [-0.25, -0.2) is 0 Å². The van der Waals surface area contributed by atoms with Crippen LogP contribution >= 0.6 is 31.9 Å². The SMILES string of the molecule is CC(C)c1ccc(/C=C/c2cc(-c3ccc(Br)cc3)cc(-c3ccc(Br)cc3)[n+]2C)cc1. The molecule has 4 aromatic rings. The van der Waals surface area contributed by atoms with E-state index in [0.29, 0.717) is 5.92 Å². The Morgan fingerprint density at radius 3 is 1.78 bits per heavy atom. The molecule has 0 radical (unpaired) electrons. The van der Waals surface area contributed by atoms with Gasteiger partial charge in [0, 0.05) is 32.7 Å². The number of halogens is 2. The van der Waals surface area contributed by atoms with Crippen molar-refractivity contribution in [3.05, 3.63) is 111 Å². The lowest BCUT2D eigenvalue weighted by atomic mass is 10.0. The highest BCUT2D eigenvalue weighted by molar-refractivity contribution is 9.10. The molecule has 0 unspecified atom stereocenters. The first-order valence-corrected chi connectivity index (χ1v) is 12.3. The summed E-state index contributed by atoms with van der Waals surface area (Å²) in [4.78, 5) is 0. The zero-order valence-corrected chi connectivity index (χ0v) is 21.7. The molecule has 0 aliphatic rings. The molecular weight excluding hydrogens is 522 g/mol. The second-order valence-corrected chi connectivity index (χ2v) is 10.1. The zero-order valence-electron chi connectivity index (χ0n) is 18.5. The minimum Gasteiger partial charge on any atom is -0.195 e. The van der Waals surface area contributed by atoms with Crippen LogP contribution in [0.25, 0.3) is 34.5 Å². The molecule has 0 saturated heterocycles. The van der Waals surface area contributed by atoms with Crippen LogP contribution < -0.4 is 4.57 Å². The first kappa shape index (κ1) is 22.7. The van der Waals surface area contributed by atoms with Gasteiger partial charge in [0.25, 0.3) is 0 Å². The van der Waals surface area contributed by atoms with E-state index in [1.807, 2.05) is 0 Å². The van der Waals surface area contributed by atoms with Crippen LogP contribution in [0, 0.1) is 0 Å². The molecule has 0 N–H and O–H groups in total. The summed E-state index contributed by atoms with van der Waals surface area (Å²) in [5, 5.41) is 0. The van der Waals surface area contributed by atoms with Gasteiger partial charge in [-0.1, -0.05) is 82.1 Å². The van der Waals surface area contributed by atoms with Gasteiger partial charge < -0.3 is 0 Å². The molecule has 1 heterocycles. The summed E-state index contributed by atoms with van der Waals surface area (Å²) in [6.07, 6.45) is 4.39. The van der Waals surface area contributed by atoms with Gasteiger partial charge in [-0.15, -0.1) is 0 Å². The van der Waals surface area contributed by atoms with E-state index in [2.05, 4.69) is 154 Å². The maximum absolute atomic E-state index is 3.55. The first-order valence-electron chi connectivity index (χ1n) is 10.7. The van der Waals surface area contributed by atoms with Crippen LogP contribution in [0.5, 0.6) is 0 Å². The monoisotopic (exact) mass is 546 g/mol. The summed E-state index contributed by atoms with van der Waals surface area (Å²) >= 11 is 7.10. The Labute approximate surface area is 207 Å². The molecule has 3 heteroatoms. The Hall–Kier alpha value is -2.49. The van der Waals surface area contributed by atoms with Crippen molar-refractivity contribution in [3.8, 4) is 22.4 Å². The van der Waals surface area contributed by atoms with E-state index in [1.54, 1.807) is 0 Å². The Kier molecular flexibility index (Phi) is 7.07. The number of hydrogen-bond donors (Lipinski definition) is 0. The highest BCUT2D eigenvalue weighted by atomic mass is 79.9. The summed E-state index contributed by atoms with van der Waals surface area (Å²) in [5.74, 6) is 0.543. The molecule has 4 rings (SSSR count). The molecule has 0 saturated carbocycles. The largest absolute Gasteiger partial charge is 0.213 e. The molecule has 0 aliphatic heterocycles. The van der Waals surface area contributed by atoms with Gasteiger partial charge in [0.1, 0.15) is 7.05 Å². The van der Waals surface area contributed by atoms with Crippen LogP contribution in [0.2, 0.25) is 0 Å². The average molecular weight is 548 g/mol. The number of pyridine rings is 1. The van der Waals surface area contributed by atoms with Crippen LogP contribution in [0.4, 0.5) is 0 Å². The fraction of sp³-hybridized carbons (Fsp3) is 0.138. The van der Waals surface area contributed by atoms with Crippen LogP contribution in [0.15, 0.2) is 93.9 Å². The molecule has 0 aliphatic carbocycles. The number of rotatable bonds is 5. The Morgan fingerprint density at radius 1 is 0.656 bits per heavy atom. The zero-order chi connectivity index (χ0) is 22.7. The minimum atomic E-state index is 0.543. The summed E-state index contributed by atoms with van der Waals surface area (Å²) in [7, 11) is 2.13. The lowest BCUT2D eigenvalue weighted by Crippen LogP contribution is -2.34. The second kappa shape index (κ2) is 9.97. The van der Waals surface area contributed by atoms with Crippen molar-refractivity contribution in [1.82, 2.24) is 0 Å².